The largest absolute Gasteiger partial charge is 0.460 e. The Bertz CT molecular complexity index is 2040. The van der Waals surface area contributed by atoms with Crippen LogP contribution in [0, 0.1) is 16.7 Å². The minimum absolute atomic E-state index is 0.0152. The van der Waals surface area contributed by atoms with Crippen LogP contribution in [-0.2, 0) is 20.8 Å². The van der Waals surface area contributed by atoms with E-state index in [-0.39, 0.29) is 29.2 Å². The number of carbonyl (C=O) groups is 3. The first-order valence-electron chi connectivity index (χ1n) is 15.0. The summed E-state index contributed by atoms with van der Waals surface area (Å²) >= 11 is 0. The molecular formula is C30H22F17NO6S. The highest BCUT2D eigenvalue weighted by atomic mass is 32.2. The highest BCUT2D eigenvalue weighted by Gasteiger charge is 2.95. The molecule has 55 heavy (non-hydrogen) atoms. The number of ketones is 1. The molecule has 0 radical (unpaired) electrons. The van der Waals surface area contributed by atoms with Gasteiger partial charge in [0.2, 0.25) is 0 Å². The molecular weight excluding hydrogens is 825 g/mol. The summed E-state index contributed by atoms with van der Waals surface area (Å²) in [5.41, 5.74) is -5.09. The van der Waals surface area contributed by atoms with Crippen LogP contribution in [-0.4, -0.2) is 78.0 Å². The lowest BCUT2D eigenvalue weighted by Crippen LogP contribution is -2.74. The maximum atomic E-state index is 14.9. The molecule has 1 aliphatic heterocycles. The number of rotatable bonds is 9. The Hall–Kier alpha value is -3.77. The lowest BCUT2D eigenvalue weighted by Gasteiger charge is -2.43. The lowest BCUT2D eigenvalue weighted by atomic mass is 9.70. The van der Waals surface area contributed by atoms with Crippen LogP contribution >= 0.6 is 0 Å². The van der Waals surface area contributed by atoms with Crippen molar-refractivity contribution in [1.29, 1.82) is 0 Å². The van der Waals surface area contributed by atoms with Gasteiger partial charge in [-0.1, -0.05) is 32.0 Å². The molecule has 2 bridgehead atoms. The SMILES string of the molecule is CC1(C)C2CCC1(CS(=O)(=O)O)C(=O)C2.O=C1NC(=O)c2ccc(C(F)(F)C(F)(F)C(F)(F)C(F)(F)C(F)(F)C(F)(F)C(F)(F)C(F)(F)F)c3cccc1c23. The Balaban J connectivity index is 0.000000371. The van der Waals surface area contributed by atoms with E-state index < -0.39 is 108 Å². The minimum Gasteiger partial charge on any atom is -0.299 e. The Morgan fingerprint density at radius 3 is 1.56 bits per heavy atom. The van der Waals surface area contributed by atoms with Crippen LogP contribution in [0.5, 0.6) is 0 Å². The summed E-state index contributed by atoms with van der Waals surface area (Å²) in [6, 6.07) is 1.63. The molecule has 2 N–H and O–H groups in total. The van der Waals surface area contributed by atoms with E-state index >= 15 is 0 Å². The molecule has 2 unspecified atom stereocenters. The molecule has 2 fully saturated rings. The molecule has 1 heterocycles. The summed E-state index contributed by atoms with van der Waals surface area (Å²) in [6.45, 7) is 3.89. The highest BCUT2D eigenvalue weighted by Crippen LogP contribution is 2.66. The fraction of sp³-hybridized carbons (Fsp3) is 0.567. The number of hydrogen-bond donors (Lipinski definition) is 2. The average molecular weight is 848 g/mol. The molecule has 2 aromatic rings. The van der Waals surface area contributed by atoms with E-state index in [1.165, 1.54) is 0 Å². The second-order valence-corrected chi connectivity index (χ2v) is 15.0. The molecule has 3 aliphatic rings. The smallest absolute Gasteiger partial charge is 0.299 e. The zero-order chi connectivity index (χ0) is 42.8. The zero-order valence-electron chi connectivity index (χ0n) is 27.1. The number of nitrogens with one attached hydrogen (secondary N) is 1. The summed E-state index contributed by atoms with van der Waals surface area (Å²) in [5, 5.41) is -0.719. The summed E-state index contributed by atoms with van der Waals surface area (Å²) in [6.07, 6.45) is -5.87. The number of alkyl halides is 17. The van der Waals surface area contributed by atoms with Gasteiger partial charge < -0.3 is 0 Å². The van der Waals surface area contributed by atoms with E-state index in [0.717, 1.165) is 12.5 Å². The van der Waals surface area contributed by atoms with Gasteiger partial charge in [-0.2, -0.15) is 83.1 Å². The molecule has 2 amide bonds. The van der Waals surface area contributed by atoms with E-state index in [9.17, 15) is 97.4 Å². The van der Waals surface area contributed by atoms with Gasteiger partial charge in [-0.05, 0) is 41.7 Å². The molecule has 308 valence electrons. The van der Waals surface area contributed by atoms with Gasteiger partial charge in [0, 0.05) is 28.5 Å². The Labute approximate surface area is 296 Å². The normalized spacial score (nSPS) is 22.5. The van der Waals surface area contributed by atoms with Crippen molar-refractivity contribution in [2.75, 3.05) is 5.75 Å². The maximum absolute atomic E-state index is 14.9. The van der Waals surface area contributed by atoms with Gasteiger partial charge >= 0.3 is 47.6 Å². The zero-order valence-corrected chi connectivity index (χ0v) is 27.9. The number of halogens is 17. The van der Waals surface area contributed by atoms with Crippen molar-refractivity contribution in [1.82, 2.24) is 5.32 Å². The van der Waals surface area contributed by atoms with Gasteiger partial charge in [-0.3, -0.25) is 24.3 Å². The van der Waals surface area contributed by atoms with Crippen molar-refractivity contribution < 1.29 is 102 Å². The Morgan fingerprint density at radius 1 is 0.691 bits per heavy atom. The molecule has 7 nitrogen and oxygen atoms in total. The van der Waals surface area contributed by atoms with Gasteiger partial charge in [-0.15, -0.1) is 0 Å². The summed E-state index contributed by atoms with van der Waals surface area (Å²) in [4.78, 5) is 35.7. The lowest BCUT2D eigenvalue weighted by molar-refractivity contribution is -0.462. The van der Waals surface area contributed by atoms with Crippen molar-refractivity contribution in [3.8, 4) is 0 Å². The van der Waals surface area contributed by atoms with E-state index in [1.807, 2.05) is 13.8 Å². The molecule has 0 spiro atoms. The van der Waals surface area contributed by atoms with Crippen LogP contribution < -0.4 is 5.32 Å². The third kappa shape index (κ3) is 5.86. The fourth-order valence-electron chi connectivity index (χ4n) is 7.05. The first kappa shape index (κ1) is 44.0. The summed E-state index contributed by atoms with van der Waals surface area (Å²) in [7, 11) is -4.08. The van der Waals surface area contributed by atoms with E-state index in [1.54, 1.807) is 5.32 Å². The van der Waals surface area contributed by atoms with Crippen molar-refractivity contribution in [2.45, 2.75) is 80.7 Å². The first-order chi connectivity index (χ1) is 24.3. The van der Waals surface area contributed by atoms with Gasteiger partial charge in [-0.25, -0.2) is 0 Å². The predicted octanol–water partition coefficient (Wildman–Crippen LogP) is 8.46. The van der Waals surface area contributed by atoms with Crippen LogP contribution in [0.3, 0.4) is 0 Å². The first-order valence-corrected chi connectivity index (χ1v) is 16.6. The standard InChI is InChI=1S/C20H6F17NO2.C10H16O4S/c21-13(22,9-5-4-8-10-6(9)2-1-3-7(10)11(39)38-12(8)40)14(23,24)15(25,26)16(27,28)17(29,30)18(31,32)19(33,34)20(35,36)37;1-9(2)7-3-4-10(9,8(11)5-7)6-15(12,13)14/h1-5H,(H,38,39,40);7H,3-6H2,1-2H3,(H,12,13,14). The van der Waals surface area contributed by atoms with Crippen molar-refractivity contribution >= 4 is 38.5 Å². The number of hydrogen-bond acceptors (Lipinski definition) is 5. The fourth-order valence-corrected chi connectivity index (χ4v) is 8.35. The van der Waals surface area contributed by atoms with Gasteiger partial charge in [0.25, 0.3) is 21.9 Å². The highest BCUT2D eigenvalue weighted by molar-refractivity contribution is 7.85. The van der Waals surface area contributed by atoms with Crippen LogP contribution in [0.1, 0.15) is 59.4 Å². The van der Waals surface area contributed by atoms with E-state index in [4.69, 9.17) is 4.55 Å². The van der Waals surface area contributed by atoms with Gasteiger partial charge in [0.15, 0.2) is 0 Å². The topological polar surface area (TPSA) is 118 Å². The van der Waals surface area contributed by atoms with Crippen molar-refractivity contribution in [3.05, 3.63) is 47.0 Å². The molecule has 2 saturated carbocycles. The number of Topliss-reactive ketones (excluding diaryl/α,β-unsaturated/α-hetero) is 1. The molecule has 0 saturated heterocycles. The molecule has 5 rings (SSSR count). The van der Waals surface area contributed by atoms with E-state index in [0.29, 0.717) is 25.0 Å². The molecule has 2 aliphatic carbocycles. The van der Waals surface area contributed by atoms with Crippen LogP contribution in [0.25, 0.3) is 10.8 Å². The van der Waals surface area contributed by atoms with Gasteiger partial charge in [0.1, 0.15) is 5.78 Å². The Morgan fingerprint density at radius 2 is 1.15 bits per heavy atom. The quantitative estimate of drug-likeness (QED) is 0.149. The minimum atomic E-state index is -8.74. The van der Waals surface area contributed by atoms with E-state index in [2.05, 4.69) is 0 Å². The number of carbonyl (C=O) groups excluding carboxylic acids is 3. The number of amides is 2. The monoisotopic (exact) mass is 847 g/mol. The maximum Gasteiger partial charge on any atom is 0.460 e. The average Bonchev–Trinajstić information content (AvgIpc) is 3.36. The second kappa shape index (κ2) is 12.4. The van der Waals surface area contributed by atoms with Crippen LogP contribution in [0.15, 0.2) is 30.3 Å². The number of benzene rings is 2. The Kier molecular flexibility index (Phi) is 9.88. The van der Waals surface area contributed by atoms with Crippen LogP contribution in [0.4, 0.5) is 74.6 Å². The number of imide groups is 1. The predicted molar refractivity (Wildman–Crippen MR) is 150 cm³/mol. The molecule has 0 aromatic heterocycles. The molecule has 2 aromatic carbocycles. The summed E-state index contributed by atoms with van der Waals surface area (Å²) < 4.78 is 263. The third-order valence-corrected chi connectivity index (χ3v) is 11.2. The van der Waals surface area contributed by atoms with Crippen molar-refractivity contribution in [2.24, 2.45) is 16.7 Å². The summed E-state index contributed by atoms with van der Waals surface area (Å²) in [5.74, 6) is -60.4. The molecule has 2 atom stereocenters. The van der Waals surface area contributed by atoms with Crippen LogP contribution in [0.2, 0.25) is 0 Å². The van der Waals surface area contributed by atoms with Gasteiger partial charge in [0.05, 0.1) is 11.2 Å². The third-order valence-electron chi connectivity index (χ3n) is 10.4. The van der Waals surface area contributed by atoms with Crippen molar-refractivity contribution in [3.63, 3.8) is 0 Å². The molecule has 25 heteroatoms. The second-order valence-electron chi connectivity index (χ2n) is 13.6. The number of fused-ring (bicyclic) bond motifs is 2.